The Morgan fingerprint density at radius 3 is 2.56 bits per heavy atom. The van der Waals surface area contributed by atoms with Crippen LogP contribution in [0.1, 0.15) is 58.3 Å². The van der Waals surface area contributed by atoms with Crippen LogP contribution >= 0.6 is 15.9 Å². The number of rotatable bonds is 5. The maximum atomic E-state index is 12.1. The summed E-state index contributed by atoms with van der Waals surface area (Å²) in [7, 11) is 1.97. The number of alkyl halides is 1. The van der Waals surface area contributed by atoms with E-state index in [-0.39, 0.29) is 10.7 Å². The summed E-state index contributed by atoms with van der Waals surface area (Å²) >= 11 is 3.52. The van der Waals surface area contributed by atoms with Crippen LogP contribution in [0.15, 0.2) is 0 Å². The van der Waals surface area contributed by atoms with Gasteiger partial charge >= 0.3 is 0 Å². The molecule has 0 aromatic carbocycles. The van der Waals surface area contributed by atoms with Gasteiger partial charge in [0.05, 0.1) is 4.83 Å². The summed E-state index contributed by atoms with van der Waals surface area (Å²) in [6.45, 7) is 2.16. The number of carbonyl (C=O) groups is 1. The molecule has 0 spiro atoms. The molecule has 3 heteroatoms. The predicted octanol–water partition coefficient (Wildman–Crippen LogP) is 3.73. The molecule has 1 aliphatic carbocycles. The molecular formula is C13H24BrNO. The maximum absolute atomic E-state index is 12.1. The lowest BCUT2D eigenvalue weighted by Crippen LogP contribution is -2.42. The zero-order valence-corrected chi connectivity index (χ0v) is 12.1. The number of hydrogen-bond acceptors (Lipinski definition) is 1. The fourth-order valence-electron chi connectivity index (χ4n) is 2.38. The molecule has 2 nitrogen and oxygen atoms in total. The molecule has 0 aromatic heterocycles. The minimum Gasteiger partial charge on any atom is -0.342 e. The molecule has 1 unspecified atom stereocenters. The third-order valence-corrected chi connectivity index (χ3v) is 4.40. The van der Waals surface area contributed by atoms with Gasteiger partial charge in [0.15, 0.2) is 0 Å². The smallest absolute Gasteiger partial charge is 0.236 e. The lowest BCUT2D eigenvalue weighted by molar-refractivity contribution is -0.131. The first-order chi connectivity index (χ1) is 7.66. The molecule has 0 bridgehead atoms. The van der Waals surface area contributed by atoms with E-state index in [1.54, 1.807) is 0 Å². The van der Waals surface area contributed by atoms with E-state index in [0.29, 0.717) is 6.04 Å². The van der Waals surface area contributed by atoms with E-state index in [4.69, 9.17) is 0 Å². The Morgan fingerprint density at radius 1 is 1.38 bits per heavy atom. The van der Waals surface area contributed by atoms with E-state index in [9.17, 15) is 4.79 Å². The highest BCUT2D eigenvalue weighted by atomic mass is 79.9. The molecule has 0 saturated heterocycles. The topological polar surface area (TPSA) is 20.3 Å². The number of amides is 1. The van der Waals surface area contributed by atoms with Crippen LogP contribution in [-0.2, 0) is 4.79 Å². The van der Waals surface area contributed by atoms with E-state index in [1.807, 2.05) is 11.9 Å². The van der Waals surface area contributed by atoms with Crippen LogP contribution in [0.2, 0.25) is 0 Å². The number of unbranched alkanes of at least 4 members (excludes halogenated alkanes) is 1. The third-order valence-electron chi connectivity index (χ3n) is 3.55. The van der Waals surface area contributed by atoms with Gasteiger partial charge in [-0.05, 0) is 19.3 Å². The van der Waals surface area contributed by atoms with Gasteiger partial charge in [-0.25, -0.2) is 0 Å². The summed E-state index contributed by atoms with van der Waals surface area (Å²) in [5.74, 6) is 0.278. The van der Waals surface area contributed by atoms with Crippen molar-refractivity contribution in [2.24, 2.45) is 0 Å². The second-order valence-electron chi connectivity index (χ2n) is 4.85. The van der Waals surface area contributed by atoms with Gasteiger partial charge < -0.3 is 4.90 Å². The van der Waals surface area contributed by atoms with Gasteiger partial charge in [-0.15, -0.1) is 0 Å². The highest BCUT2D eigenvalue weighted by molar-refractivity contribution is 9.10. The lowest BCUT2D eigenvalue weighted by Gasteiger charge is -2.32. The summed E-state index contributed by atoms with van der Waals surface area (Å²) in [5.41, 5.74) is 0. The fraction of sp³-hybridized carbons (Fsp3) is 0.923. The van der Waals surface area contributed by atoms with Crippen LogP contribution in [0.4, 0.5) is 0 Å². The predicted molar refractivity (Wildman–Crippen MR) is 71.9 cm³/mol. The molecule has 1 atom stereocenters. The summed E-state index contributed by atoms with van der Waals surface area (Å²) < 4.78 is 0. The normalized spacial score (nSPS) is 19.4. The quantitative estimate of drug-likeness (QED) is 0.706. The lowest BCUT2D eigenvalue weighted by atomic mass is 9.94. The molecule has 0 aliphatic heterocycles. The Hall–Kier alpha value is -0.0500. The van der Waals surface area contributed by atoms with Crippen molar-refractivity contribution < 1.29 is 4.79 Å². The minimum atomic E-state index is 0.0272. The Labute approximate surface area is 108 Å². The van der Waals surface area contributed by atoms with E-state index < -0.39 is 0 Å². The summed E-state index contributed by atoms with van der Waals surface area (Å²) in [5, 5.41) is 0. The first-order valence-corrected chi connectivity index (χ1v) is 7.49. The first-order valence-electron chi connectivity index (χ1n) is 6.57. The molecule has 1 fully saturated rings. The SMILES string of the molecule is CCCCC(Br)C(=O)N(C)C1CCCCC1. The van der Waals surface area contributed by atoms with Crippen molar-refractivity contribution in [2.45, 2.75) is 69.2 Å². The Morgan fingerprint density at radius 2 is 2.00 bits per heavy atom. The van der Waals surface area contributed by atoms with E-state index in [1.165, 1.54) is 32.1 Å². The van der Waals surface area contributed by atoms with Gasteiger partial charge in [-0.3, -0.25) is 4.79 Å². The standard InChI is InChI=1S/C13H24BrNO/c1-3-4-10-12(14)13(16)15(2)11-8-6-5-7-9-11/h11-12H,3-10H2,1-2H3. The largest absolute Gasteiger partial charge is 0.342 e. The van der Waals surface area contributed by atoms with E-state index in [2.05, 4.69) is 22.9 Å². The molecular weight excluding hydrogens is 266 g/mol. The first kappa shape index (κ1) is 14.0. The number of carbonyl (C=O) groups excluding carboxylic acids is 1. The van der Waals surface area contributed by atoms with Crippen molar-refractivity contribution in [3.63, 3.8) is 0 Å². The van der Waals surface area contributed by atoms with Crippen molar-refractivity contribution in [2.75, 3.05) is 7.05 Å². The summed E-state index contributed by atoms with van der Waals surface area (Å²) in [6.07, 6.45) is 9.53. The van der Waals surface area contributed by atoms with Crippen LogP contribution in [0.5, 0.6) is 0 Å². The molecule has 1 amide bonds. The molecule has 1 aliphatic rings. The average molecular weight is 290 g/mol. The molecule has 16 heavy (non-hydrogen) atoms. The van der Waals surface area contributed by atoms with Crippen molar-refractivity contribution in [3.05, 3.63) is 0 Å². The van der Waals surface area contributed by atoms with Gasteiger partial charge in [0.1, 0.15) is 0 Å². The molecule has 1 rings (SSSR count). The zero-order chi connectivity index (χ0) is 12.0. The fourth-order valence-corrected chi connectivity index (χ4v) is 3.02. The van der Waals surface area contributed by atoms with Crippen LogP contribution in [-0.4, -0.2) is 28.7 Å². The second-order valence-corrected chi connectivity index (χ2v) is 5.96. The maximum Gasteiger partial charge on any atom is 0.236 e. The number of hydrogen-bond donors (Lipinski definition) is 0. The van der Waals surface area contributed by atoms with Gasteiger partial charge in [0.2, 0.25) is 5.91 Å². The van der Waals surface area contributed by atoms with Crippen LogP contribution in [0, 0.1) is 0 Å². The van der Waals surface area contributed by atoms with Crippen molar-refractivity contribution in [1.82, 2.24) is 4.90 Å². The zero-order valence-electron chi connectivity index (χ0n) is 10.5. The highest BCUT2D eigenvalue weighted by Crippen LogP contribution is 2.23. The van der Waals surface area contributed by atoms with Crippen LogP contribution in [0.25, 0.3) is 0 Å². The van der Waals surface area contributed by atoms with Crippen molar-refractivity contribution >= 4 is 21.8 Å². The molecule has 0 heterocycles. The van der Waals surface area contributed by atoms with Crippen LogP contribution < -0.4 is 0 Å². The number of nitrogens with zero attached hydrogens (tertiary/aromatic N) is 1. The second kappa shape index (κ2) is 7.31. The van der Waals surface area contributed by atoms with E-state index >= 15 is 0 Å². The van der Waals surface area contributed by atoms with Gasteiger partial charge in [-0.2, -0.15) is 0 Å². The van der Waals surface area contributed by atoms with E-state index in [0.717, 1.165) is 19.3 Å². The van der Waals surface area contributed by atoms with Crippen LogP contribution in [0.3, 0.4) is 0 Å². The van der Waals surface area contributed by atoms with Gasteiger partial charge in [0.25, 0.3) is 0 Å². The average Bonchev–Trinajstić information content (AvgIpc) is 2.35. The van der Waals surface area contributed by atoms with Gasteiger partial charge in [0, 0.05) is 13.1 Å². The third kappa shape index (κ3) is 4.08. The Balaban J connectivity index is 2.38. The molecule has 94 valence electrons. The molecule has 1 saturated carbocycles. The monoisotopic (exact) mass is 289 g/mol. The van der Waals surface area contributed by atoms with Crippen molar-refractivity contribution in [1.29, 1.82) is 0 Å². The molecule has 0 radical (unpaired) electrons. The number of halogens is 1. The Kier molecular flexibility index (Phi) is 6.40. The van der Waals surface area contributed by atoms with Crippen molar-refractivity contribution in [3.8, 4) is 0 Å². The highest BCUT2D eigenvalue weighted by Gasteiger charge is 2.25. The van der Waals surface area contributed by atoms with Gasteiger partial charge in [-0.1, -0.05) is 55.0 Å². The molecule has 0 aromatic rings. The Bertz CT molecular complexity index is 214. The minimum absolute atomic E-state index is 0.0272. The molecule has 0 N–H and O–H groups in total. The summed E-state index contributed by atoms with van der Waals surface area (Å²) in [6, 6.07) is 0.489. The summed E-state index contributed by atoms with van der Waals surface area (Å²) in [4.78, 5) is 14.1.